The van der Waals surface area contributed by atoms with Crippen molar-refractivity contribution in [3.63, 3.8) is 0 Å². The topological polar surface area (TPSA) is 70.5 Å². The van der Waals surface area contributed by atoms with Crippen LogP contribution in [-0.2, 0) is 10.0 Å². The van der Waals surface area contributed by atoms with Crippen molar-refractivity contribution in [2.24, 2.45) is 0 Å². The highest BCUT2D eigenvalue weighted by Crippen LogP contribution is 2.11. The largest absolute Gasteiger partial charge is 0.395 e. The van der Waals surface area contributed by atoms with Gasteiger partial charge in [0.15, 0.2) is 5.03 Å². The zero-order chi connectivity index (χ0) is 12.0. The molecule has 16 heavy (non-hydrogen) atoms. The molecular weight excluding hydrogens is 228 g/mol. The Balaban J connectivity index is 3.03. The van der Waals surface area contributed by atoms with Gasteiger partial charge in [0, 0.05) is 19.3 Å². The molecule has 0 aliphatic rings. The van der Waals surface area contributed by atoms with Gasteiger partial charge < -0.3 is 5.11 Å². The quantitative estimate of drug-likeness (QED) is 0.726. The molecule has 0 spiro atoms. The number of hydrogen-bond acceptors (Lipinski definition) is 4. The van der Waals surface area contributed by atoms with Gasteiger partial charge in [-0.15, -0.1) is 6.58 Å². The maximum absolute atomic E-state index is 12.0. The average molecular weight is 242 g/mol. The number of rotatable bonds is 6. The van der Waals surface area contributed by atoms with E-state index in [-0.39, 0.29) is 24.7 Å². The smallest absolute Gasteiger partial charge is 0.260 e. The average Bonchev–Trinajstić information content (AvgIpc) is 2.30. The second kappa shape index (κ2) is 5.74. The summed E-state index contributed by atoms with van der Waals surface area (Å²) in [6.45, 7) is 3.43. The van der Waals surface area contributed by atoms with Crippen LogP contribution in [0.2, 0.25) is 0 Å². The summed E-state index contributed by atoms with van der Waals surface area (Å²) in [5.74, 6) is 0. The summed E-state index contributed by atoms with van der Waals surface area (Å²) < 4.78 is 25.2. The fraction of sp³-hybridized carbons (Fsp3) is 0.300. The molecule has 0 fully saturated rings. The lowest BCUT2D eigenvalue weighted by Gasteiger charge is -2.18. The number of aliphatic hydroxyl groups is 1. The van der Waals surface area contributed by atoms with Crippen LogP contribution >= 0.6 is 0 Å². The van der Waals surface area contributed by atoms with E-state index in [0.29, 0.717) is 0 Å². The van der Waals surface area contributed by atoms with Crippen molar-refractivity contribution in [1.29, 1.82) is 0 Å². The number of pyridine rings is 1. The Kier molecular flexibility index (Phi) is 4.60. The first-order chi connectivity index (χ1) is 7.62. The molecule has 0 radical (unpaired) electrons. The Labute approximate surface area is 95.1 Å². The van der Waals surface area contributed by atoms with Crippen molar-refractivity contribution in [3.05, 3.63) is 37.1 Å². The summed E-state index contributed by atoms with van der Waals surface area (Å²) >= 11 is 0. The Hall–Kier alpha value is -1.24. The van der Waals surface area contributed by atoms with Crippen molar-refractivity contribution in [2.45, 2.75) is 5.03 Å². The Morgan fingerprint density at radius 3 is 2.75 bits per heavy atom. The van der Waals surface area contributed by atoms with E-state index in [4.69, 9.17) is 5.11 Å². The van der Waals surface area contributed by atoms with E-state index in [1.54, 1.807) is 12.1 Å². The molecule has 0 atom stereocenters. The molecule has 88 valence electrons. The molecule has 1 aromatic rings. The van der Waals surface area contributed by atoms with Crippen LogP contribution in [0.15, 0.2) is 42.1 Å². The van der Waals surface area contributed by atoms with Gasteiger partial charge in [-0.1, -0.05) is 12.1 Å². The Morgan fingerprint density at radius 1 is 1.50 bits per heavy atom. The van der Waals surface area contributed by atoms with Gasteiger partial charge in [0.25, 0.3) is 10.0 Å². The molecule has 6 heteroatoms. The van der Waals surface area contributed by atoms with Crippen LogP contribution in [-0.4, -0.2) is 42.5 Å². The minimum Gasteiger partial charge on any atom is -0.395 e. The molecule has 0 aliphatic carbocycles. The van der Waals surface area contributed by atoms with Crippen molar-refractivity contribution in [3.8, 4) is 0 Å². The summed E-state index contributed by atoms with van der Waals surface area (Å²) in [6, 6.07) is 4.66. The van der Waals surface area contributed by atoms with Crippen LogP contribution in [0.1, 0.15) is 0 Å². The van der Waals surface area contributed by atoms with Crippen molar-refractivity contribution in [2.75, 3.05) is 19.7 Å². The summed E-state index contributed by atoms with van der Waals surface area (Å²) in [5.41, 5.74) is 0. The zero-order valence-corrected chi connectivity index (χ0v) is 9.60. The first-order valence-corrected chi connectivity index (χ1v) is 6.20. The molecule has 0 aliphatic heterocycles. The second-order valence-electron chi connectivity index (χ2n) is 3.04. The van der Waals surface area contributed by atoms with E-state index >= 15 is 0 Å². The van der Waals surface area contributed by atoms with E-state index in [1.165, 1.54) is 18.3 Å². The third-order valence-corrected chi connectivity index (χ3v) is 3.71. The van der Waals surface area contributed by atoms with E-state index in [9.17, 15) is 8.42 Å². The molecule has 1 rings (SSSR count). The molecule has 1 aromatic heterocycles. The molecule has 0 amide bonds. The van der Waals surface area contributed by atoms with Crippen molar-refractivity contribution in [1.82, 2.24) is 9.29 Å². The predicted molar refractivity (Wildman–Crippen MR) is 60.3 cm³/mol. The molecule has 1 N–H and O–H groups in total. The van der Waals surface area contributed by atoms with Gasteiger partial charge in [-0.3, -0.25) is 0 Å². The molecule has 0 saturated carbocycles. The first-order valence-electron chi connectivity index (χ1n) is 4.76. The van der Waals surface area contributed by atoms with Crippen LogP contribution < -0.4 is 0 Å². The van der Waals surface area contributed by atoms with Gasteiger partial charge in [0.1, 0.15) is 0 Å². The molecule has 0 saturated heterocycles. The molecular formula is C10H14N2O3S. The van der Waals surface area contributed by atoms with Gasteiger partial charge in [0.2, 0.25) is 0 Å². The fourth-order valence-electron chi connectivity index (χ4n) is 1.20. The minimum absolute atomic E-state index is 0.0229. The predicted octanol–water partition coefficient (Wildman–Crippen LogP) is 0.251. The molecule has 0 unspecified atom stereocenters. The van der Waals surface area contributed by atoms with E-state index in [1.807, 2.05) is 0 Å². The fourth-order valence-corrected chi connectivity index (χ4v) is 2.53. The molecule has 5 nitrogen and oxygen atoms in total. The minimum atomic E-state index is -3.63. The standard InChI is InChI=1S/C10H14N2O3S/c1-2-7-12(8-9-13)16(14,15)10-5-3-4-6-11-10/h2-6,13H,1,7-9H2. The summed E-state index contributed by atoms with van der Waals surface area (Å²) in [6.07, 6.45) is 2.88. The maximum Gasteiger partial charge on any atom is 0.260 e. The van der Waals surface area contributed by atoms with Crippen LogP contribution in [0.3, 0.4) is 0 Å². The van der Waals surface area contributed by atoms with Crippen LogP contribution in [0, 0.1) is 0 Å². The monoisotopic (exact) mass is 242 g/mol. The van der Waals surface area contributed by atoms with Crippen molar-refractivity contribution < 1.29 is 13.5 Å². The Bertz CT molecular complexity index is 431. The highest BCUT2D eigenvalue weighted by molar-refractivity contribution is 7.89. The number of sulfonamides is 1. The lowest BCUT2D eigenvalue weighted by molar-refractivity contribution is 0.260. The third kappa shape index (κ3) is 2.88. The Morgan fingerprint density at radius 2 is 2.25 bits per heavy atom. The van der Waals surface area contributed by atoms with Crippen LogP contribution in [0.4, 0.5) is 0 Å². The van der Waals surface area contributed by atoms with E-state index in [0.717, 1.165) is 4.31 Å². The summed E-state index contributed by atoms with van der Waals surface area (Å²) in [5, 5.41) is 8.79. The number of nitrogens with zero attached hydrogens (tertiary/aromatic N) is 2. The molecule has 1 heterocycles. The van der Waals surface area contributed by atoms with Crippen LogP contribution in [0.5, 0.6) is 0 Å². The van der Waals surface area contributed by atoms with Gasteiger partial charge in [-0.25, -0.2) is 13.4 Å². The van der Waals surface area contributed by atoms with E-state index < -0.39 is 10.0 Å². The maximum atomic E-state index is 12.0. The normalized spacial score (nSPS) is 11.6. The second-order valence-corrected chi connectivity index (χ2v) is 4.93. The number of aliphatic hydroxyl groups excluding tert-OH is 1. The highest BCUT2D eigenvalue weighted by Gasteiger charge is 2.23. The van der Waals surface area contributed by atoms with Crippen molar-refractivity contribution >= 4 is 10.0 Å². The highest BCUT2D eigenvalue weighted by atomic mass is 32.2. The summed E-state index contributed by atoms with van der Waals surface area (Å²) in [7, 11) is -3.63. The molecule has 0 bridgehead atoms. The summed E-state index contributed by atoms with van der Waals surface area (Å²) in [4.78, 5) is 3.79. The number of aromatic nitrogens is 1. The first kappa shape index (κ1) is 12.8. The lowest BCUT2D eigenvalue weighted by Crippen LogP contribution is -2.34. The van der Waals surface area contributed by atoms with Gasteiger partial charge >= 0.3 is 0 Å². The third-order valence-electron chi connectivity index (χ3n) is 1.92. The number of hydrogen-bond donors (Lipinski definition) is 1. The lowest BCUT2D eigenvalue weighted by atomic mass is 10.5. The van der Waals surface area contributed by atoms with Crippen LogP contribution in [0.25, 0.3) is 0 Å². The van der Waals surface area contributed by atoms with Gasteiger partial charge in [-0.05, 0) is 12.1 Å². The van der Waals surface area contributed by atoms with Gasteiger partial charge in [-0.2, -0.15) is 4.31 Å². The van der Waals surface area contributed by atoms with Gasteiger partial charge in [0.05, 0.1) is 6.61 Å². The SMILES string of the molecule is C=CCN(CCO)S(=O)(=O)c1ccccn1. The zero-order valence-electron chi connectivity index (χ0n) is 8.78. The molecule has 0 aromatic carbocycles. The van der Waals surface area contributed by atoms with E-state index in [2.05, 4.69) is 11.6 Å².